The van der Waals surface area contributed by atoms with Gasteiger partial charge in [0.15, 0.2) is 0 Å². The van der Waals surface area contributed by atoms with Gasteiger partial charge in [-0.05, 0) is 73.8 Å². The van der Waals surface area contributed by atoms with Gasteiger partial charge in [0, 0.05) is 21.7 Å². The summed E-state index contributed by atoms with van der Waals surface area (Å²) < 4.78 is 15.3. The van der Waals surface area contributed by atoms with Crippen LogP contribution in [0.1, 0.15) is 41.2 Å². The molecule has 2 heterocycles. The Kier molecular flexibility index (Phi) is 5.22. The van der Waals surface area contributed by atoms with Crippen LogP contribution in [0.5, 0.6) is 0 Å². The Morgan fingerprint density at radius 3 is 2.58 bits per heavy atom. The first-order valence-electron chi connectivity index (χ1n) is 11.5. The lowest BCUT2D eigenvalue weighted by Crippen LogP contribution is -2.34. The number of hydrogen-bond acceptors (Lipinski definition) is 4. The molecule has 0 radical (unpaired) electrons. The fourth-order valence-electron chi connectivity index (χ4n) is 6.11. The molecule has 0 saturated heterocycles. The van der Waals surface area contributed by atoms with E-state index in [4.69, 9.17) is 0 Å². The Morgan fingerprint density at radius 2 is 1.82 bits per heavy atom. The van der Waals surface area contributed by atoms with E-state index in [0.717, 1.165) is 26.7 Å². The summed E-state index contributed by atoms with van der Waals surface area (Å²) in [5.74, 6) is 1.45. The van der Waals surface area contributed by atoms with E-state index in [1.165, 1.54) is 42.7 Å². The third-order valence-electron chi connectivity index (χ3n) is 7.56. The quantitative estimate of drug-likeness (QED) is 0.525. The minimum Gasteiger partial charge on any atom is -0.325 e. The van der Waals surface area contributed by atoms with Gasteiger partial charge in [-0.1, -0.05) is 41.2 Å². The number of aromatic nitrogens is 1. The number of rotatable bonds is 4. The van der Waals surface area contributed by atoms with Crippen molar-refractivity contribution in [2.75, 3.05) is 5.32 Å². The lowest BCUT2D eigenvalue weighted by atomic mass is 9.75. The molecule has 2 bridgehead atoms. The van der Waals surface area contributed by atoms with Crippen LogP contribution in [0, 0.1) is 30.5 Å². The Labute approximate surface area is 200 Å². The molecule has 33 heavy (non-hydrogen) atoms. The van der Waals surface area contributed by atoms with Gasteiger partial charge >= 0.3 is 4.87 Å². The molecule has 2 fully saturated rings. The topological polar surface area (TPSA) is 51.1 Å². The molecule has 1 N–H and O–H groups in total. The van der Waals surface area contributed by atoms with Crippen molar-refractivity contribution < 1.29 is 9.18 Å². The van der Waals surface area contributed by atoms with Crippen molar-refractivity contribution in [3.05, 3.63) is 80.0 Å². The fourth-order valence-corrected chi connectivity index (χ4v) is 9.26. The van der Waals surface area contributed by atoms with E-state index < -0.39 is 0 Å². The van der Waals surface area contributed by atoms with Gasteiger partial charge in [0.25, 0.3) is 0 Å². The summed E-state index contributed by atoms with van der Waals surface area (Å²) in [5, 5.41) is 4.31. The number of nitrogens with zero attached hydrogens (tertiary/aromatic N) is 1. The molecule has 1 amide bonds. The summed E-state index contributed by atoms with van der Waals surface area (Å²) >= 11 is 3.07. The van der Waals surface area contributed by atoms with Gasteiger partial charge in [-0.25, -0.2) is 4.39 Å². The third-order valence-corrected chi connectivity index (χ3v) is 10.4. The molecule has 170 valence electrons. The smallest absolute Gasteiger partial charge is 0.308 e. The largest absolute Gasteiger partial charge is 0.325 e. The number of fused-ring (bicyclic) bond motifs is 6. The molecule has 1 aliphatic heterocycles. The molecular formula is C26H25FN2O2S2. The second-order valence-electron chi connectivity index (χ2n) is 9.56. The maximum atomic E-state index is 13.7. The van der Waals surface area contributed by atoms with Gasteiger partial charge in [0.2, 0.25) is 5.91 Å². The summed E-state index contributed by atoms with van der Waals surface area (Å²) in [6, 6.07) is 14.4. The highest BCUT2D eigenvalue weighted by Gasteiger charge is 2.55. The monoisotopic (exact) mass is 480 g/mol. The van der Waals surface area contributed by atoms with Crippen molar-refractivity contribution in [1.29, 1.82) is 0 Å². The Balaban J connectivity index is 1.36. The van der Waals surface area contributed by atoms with Crippen LogP contribution in [0.2, 0.25) is 0 Å². The molecular weight excluding hydrogens is 455 g/mol. The van der Waals surface area contributed by atoms with Crippen molar-refractivity contribution in [3.8, 4) is 0 Å². The molecule has 2 saturated carbocycles. The average molecular weight is 481 g/mol. The molecule has 1 aromatic heterocycles. The Morgan fingerprint density at radius 1 is 1.09 bits per heavy atom. The van der Waals surface area contributed by atoms with Crippen LogP contribution in [0.15, 0.2) is 58.4 Å². The summed E-state index contributed by atoms with van der Waals surface area (Å²) in [5.41, 5.74) is 2.94. The van der Waals surface area contributed by atoms with Crippen molar-refractivity contribution >= 4 is 34.7 Å². The molecule has 6 rings (SSSR count). The second-order valence-corrected chi connectivity index (χ2v) is 11.7. The zero-order chi connectivity index (χ0) is 22.7. The molecule has 7 heteroatoms. The summed E-state index contributed by atoms with van der Waals surface area (Å²) in [7, 11) is 0. The molecule has 2 aliphatic carbocycles. The first kappa shape index (κ1) is 21.2. The van der Waals surface area contributed by atoms with Crippen LogP contribution >= 0.6 is 23.1 Å². The zero-order valence-electron chi connectivity index (χ0n) is 18.3. The summed E-state index contributed by atoms with van der Waals surface area (Å²) in [4.78, 5) is 26.9. The maximum absolute atomic E-state index is 13.7. The molecule has 3 aromatic rings. The molecule has 5 unspecified atom stereocenters. The number of aryl methyl sites for hydroxylation is 1. The third kappa shape index (κ3) is 3.66. The van der Waals surface area contributed by atoms with E-state index in [9.17, 15) is 14.0 Å². The maximum Gasteiger partial charge on any atom is 0.308 e. The number of amides is 1. The van der Waals surface area contributed by atoms with Crippen molar-refractivity contribution in [1.82, 2.24) is 4.57 Å². The van der Waals surface area contributed by atoms with E-state index in [0.29, 0.717) is 23.0 Å². The highest BCUT2D eigenvalue weighted by atomic mass is 32.2. The van der Waals surface area contributed by atoms with Crippen LogP contribution in [-0.4, -0.2) is 15.7 Å². The van der Waals surface area contributed by atoms with Crippen LogP contribution in [0.25, 0.3) is 0 Å². The predicted octanol–water partition coefficient (Wildman–Crippen LogP) is 5.65. The fraction of sp³-hybridized carbons (Fsp3) is 0.385. The molecule has 5 atom stereocenters. The first-order chi connectivity index (χ1) is 16.0. The van der Waals surface area contributed by atoms with Crippen LogP contribution in [0.4, 0.5) is 10.1 Å². The number of thiazole rings is 1. The summed E-state index contributed by atoms with van der Waals surface area (Å²) in [6.45, 7) is 2.01. The SMILES string of the molecule is Cc1ccc(NC(=O)Cn2c3c(sc2=O)C(c2ccc(F)cc2)C2C4CCC(C4)C2S3)cc1. The van der Waals surface area contributed by atoms with E-state index in [-0.39, 0.29) is 29.1 Å². The van der Waals surface area contributed by atoms with Gasteiger partial charge in [-0.3, -0.25) is 14.2 Å². The van der Waals surface area contributed by atoms with Crippen LogP contribution in [0.3, 0.4) is 0 Å². The van der Waals surface area contributed by atoms with E-state index in [1.54, 1.807) is 4.57 Å². The van der Waals surface area contributed by atoms with Gasteiger partial charge in [-0.15, -0.1) is 11.8 Å². The second kappa shape index (κ2) is 8.13. The number of thioether (sulfide) groups is 1. The lowest BCUT2D eigenvalue weighted by Gasteiger charge is -2.40. The number of anilines is 1. The number of hydrogen-bond donors (Lipinski definition) is 1. The van der Waals surface area contributed by atoms with Crippen LogP contribution < -0.4 is 10.2 Å². The highest BCUT2D eigenvalue weighted by Crippen LogP contribution is 2.63. The number of carbonyl (C=O) groups excluding carboxylic acids is 1. The molecule has 0 spiro atoms. The van der Waals surface area contributed by atoms with Crippen LogP contribution in [-0.2, 0) is 11.3 Å². The van der Waals surface area contributed by atoms with Gasteiger partial charge in [-0.2, -0.15) is 0 Å². The molecule has 2 aromatic carbocycles. The number of nitrogens with one attached hydrogen (secondary N) is 1. The predicted molar refractivity (Wildman–Crippen MR) is 131 cm³/mol. The minimum atomic E-state index is -0.243. The van der Waals surface area contributed by atoms with Gasteiger partial charge in [0.05, 0.1) is 5.03 Å². The minimum absolute atomic E-state index is 0.00711. The number of carbonyl (C=O) groups is 1. The van der Waals surface area contributed by atoms with Gasteiger partial charge in [0.1, 0.15) is 12.4 Å². The average Bonchev–Trinajstić information content (AvgIpc) is 3.49. The standard InChI is InChI=1S/C26H25FN2O2S2/c1-14-2-10-19(11-3-14)28-20(30)13-29-25-24(33-26(29)31)21(15-6-8-18(27)9-7-15)22-16-4-5-17(12-16)23(22)32-25/h2-3,6-11,16-17,21-23H,4-5,12-13H2,1H3,(H,28,30). The molecule has 4 nitrogen and oxygen atoms in total. The summed E-state index contributed by atoms with van der Waals surface area (Å²) in [6.07, 6.45) is 3.73. The van der Waals surface area contributed by atoms with E-state index >= 15 is 0 Å². The number of halogens is 1. The van der Waals surface area contributed by atoms with Crippen molar-refractivity contribution in [2.24, 2.45) is 17.8 Å². The molecule has 3 aliphatic rings. The zero-order valence-corrected chi connectivity index (χ0v) is 19.9. The van der Waals surface area contributed by atoms with Gasteiger partial charge < -0.3 is 5.32 Å². The van der Waals surface area contributed by atoms with Crippen molar-refractivity contribution in [3.63, 3.8) is 0 Å². The van der Waals surface area contributed by atoms with Crippen molar-refractivity contribution in [2.45, 2.75) is 48.9 Å². The highest BCUT2D eigenvalue weighted by molar-refractivity contribution is 8.00. The Bertz CT molecular complexity index is 1260. The number of benzene rings is 2. The Hall–Kier alpha value is -2.38. The lowest BCUT2D eigenvalue weighted by molar-refractivity contribution is -0.116. The van der Waals surface area contributed by atoms with E-state index in [2.05, 4.69) is 5.32 Å². The van der Waals surface area contributed by atoms with E-state index in [1.807, 2.05) is 55.1 Å². The first-order valence-corrected chi connectivity index (χ1v) is 13.2. The normalized spacial score (nSPS) is 27.3.